The van der Waals surface area contributed by atoms with E-state index >= 15 is 0 Å². The lowest BCUT2D eigenvalue weighted by molar-refractivity contribution is 0.591. The van der Waals surface area contributed by atoms with Crippen LogP contribution in [0.2, 0.25) is 0 Å². The standard InChI is InChI=1S/C6H8N6OS/c1-4-8-12(6(13)14-4)3-5-7-9-10-11(5)2/h3H2,1-2H3. The quantitative estimate of drug-likeness (QED) is 0.650. The Bertz CT molecular complexity index is 496. The van der Waals surface area contributed by atoms with E-state index in [1.807, 2.05) is 0 Å². The van der Waals surface area contributed by atoms with Gasteiger partial charge in [-0.1, -0.05) is 11.3 Å². The van der Waals surface area contributed by atoms with Crippen molar-refractivity contribution in [2.75, 3.05) is 0 Å². The molecule has 14 heavy (non-hydrogen) atoms. The molecule has 2 heterocycles. The highest BCUT2D eigenvalue weighted by molar-refractivity contribution is 7.08. The Hall–Kier alpha value is -1.57. The predicted octanol–water partition coefficient (Wildman–Crippen LogP) is -0.815. The normalized spacial score (nSPS) is 10.7. The Labute approximate surface area is 83.0 Å². The Morgan fingerprint density at radius 1 is 1.50 bits per heavy atom. The van der Waals surface area contributed by atoms with Crippen molar-refractivity contribution in [3.63, 3.8) is 0 Å². The molecule has 0 aliphatic carbocycles. The molecule has 0 fully saturated rings. The first-order chi connectivity index (χ1) is 6.66. The molecule has 0 spiro atoms. The third kappa shape index (κ3) is 1.55. The van der Waals surface area contributed by atoms with E-state index in [-0.39, 0.29) is 4.87 Å². The van der Waals surface area contributed by atoms with Gasteiger partial charge in [0.05, 0.1) is 0 Å². The molecule has 2 aromatic heterocycles. The Kier molecular flexibility index (Phi) is 2.12. The van der Waals surface area contributed by atoms with E-state index in [4.69, 9.17) is 0 Å². The van der Waals surface area contributed by atoms with Crippen molar-refractivity contribution >= 4 is 11.3 Å². The number of hydrogen-bond donors (Lipinski definition) is 0. The third-order valence-corrected chi connectivity index (χ3v) is 2.47. The van der Waals surface area contributed by atoms with Gasteiger partial charge >= 0.3 is 4.87 Å². The van der Waals surface area contributed by atoms with Crippen LogP contribution in [-0.4, -0.2) is 30.0 Å². The second kappa shape index (κ2) is 3.29. The zero-order valence-electron chi connectivity index (χ0n) is 7.71. The van der Waals surface area contributed by atoms with Gasteiger partial charge in [0.15, 0.2) is 5.82 Å². The summed E-state index contributed by atoms with van der Waals surface area (Å²) in [5.74, 6) is 0.609. The maximum absolute atomic E-state index is 11.3. The zero-order valence-corrected chi connectivity index (χ0v) is 8.52. The average molecular weight is 212 g/mol. The molecule has 0 N–H and O–H groups in total. The van der Waals surface area contributed by atoms with Crippen LogP contribution < -0.4 is 4.87 Å². The van der Waals surface area contributed by atoms with Crippen LogP contribution in [0.5, 0.6) is 0 Å². The molecule has 0 saturated heterocycles. The molecule has 74 valence electrons. The predicted molar refractivity (Wildman–Crippen MR) is 49.0 cm³/mol. The van der Waals surface area contributed by atoms with Gasteiger partial charge in [-0.25, -0.2) is 9.36 Å². The number of nitrogens with zero attached hydrogens (tertiary/aromatic N) is 6. The largest absolute Gasteiger partial charge is 0.325 e. The highest BCUT2D eigenvalue weighted by Gasteiger charge is 2.07. The monoisotopic (exact) mass is 212 g/mol. The Morgan fingerprint density at radius 2 is 2.29 bits per heavy atom. The van der Waals surface area contributed by atoms with E-state index in [0.717, 1.165) is 16.3 Å². The van der Waals surface area contributed by atoms with Gasteiger partial charge in [-0.3, -0.25) is 4.79 Å². The first kappa shape index (κ1) is 9.00. The second-order valence-corrected chi connectivity index (χ2v) is 3.91. The summed E-state index contributed by atoms with van der Waals surface area (Å²) in [5, 5.41) is 15.7. The summed E-state index contributed by atoms with van der Waals surface area (Å²) in [6, 6.07) is 0. The molecule has 0 radical (unpaired) electrons. The SMILES string of the molecule is Cc1nn(Cc2nnnn2C)c(=O)s1. The maximum Gasteiger partial charge on any atom is 0.325 e. The zero-order chi connectivity index (χ0) is 10.1. The van der Waals surface area contributed by atoms with Crippen molar-refractivity contribution in [1.29, 1.82) is 0 Å². The second-order valence-electron chi connectivity index (χ2n) is 2.76. The van der Waals surface area contributed by atoms with Crippen molar-refractivity contribution in [3.8, 4) is 0 Å². The summed E-state index contributed by atoms with van der Waals surface area (Å²) in [4.78, 5) is 11.2. The number of aryl methyl sites for hydroxylation is 2. The van der Waals surface area contributed by atoms with E-state index < -0.39 is 0 Å². The molecule has 0 amide bonds. The van der Waals surface area contributed by atoms with E-state index in [1.165, 1.54) is 9.36 Å². The van der Waals surface area contributed by atoms with Crippen LogP contribution in [0.15, 0.2) is 4.79 Å². The average Bonchev–Trinajstić information content (AvgIpc) is 2.62. The molecular formula is C6H8N6OS. The van der Waals surface area contributed by atoms with Gasteiger partial charge in [-0.15, -0.1) is 5.10 Å². The minimum Gasteiger partial charge on any atom is -0.255 e. The van der Waals surface area contributed by atoms with Gasteiger partial charge < -0.3 is 0 Å². The Morgan fingerprint density at radius 3 is 2.79 bits per heavy atom. The molecule has 8 heteroatoms. The van der Waals surface area contributed by atoms with E-state index in [0.29, 0.717) is 12.4 Å². The molecule has 0 unspecified atom stereocenters. The summed E-state index contributed by atoms with van der Waals surface area (Å²) < 4.78 is 2.87. The summed E-state index contributed by atoms with van der Waals surface area (Å²) >= 11 is 1.12. The molecule has 0 aliphatic heterocycles. The van der Waals surface area contributed by atoms with E-state index in [9.17, 15) is 4.79 Å². The van der Waals surface area contributed by atoms with Gasteiger partial charge in [-0.2, -0.15) is 5.10 Å². The van der Waals surface area contributed by atoms with Gasteiger partial charge in [-0.05, 0) is 17.4 Å². The minimum atomic E-state index is -0.0921. The molecule has 0 atom stereocenters. The molecule has 2 aromatic rings. The maximum atomic E-state index is 11.3. The van der Waals surface area contributed by atoms with Crippen molar-refractivity contribution in [1.82, 2.24) is 30.0 Å². The van der Waals surface area contributed by atoms with E-state index in [2.05, 4.69) is 20.6 Å². The fourth-order valence-corrected chi connectivity index (χ4v) is 1.63. The van der Waals surface area contributed by atoms with Crippen LogP contribution in [0.3, 0.4) is 0 Å². The molecule has 0 bridgehead atoms. The number of hydrogen-bond acceptors (Lipinski definition) is 6. The van der Waals surface area contributed by atoms with Crippen molar-refractivity contribution in [2.45, 2.75) is 13.5 Å². The van der Waals surface area contributed by atoms with Crippen LogP contribution in [0.4, 0.5) is 0 Å². The highest BCUT2D eigenvalue weighted by atomic mass is 32.1. The molecule has 2 rings (SSSR count). The minimum absolute atomic E-state index is 0.0921. The number of tetrazole rings is 1. The van der Waals surface area contributed by atoms with Crippen molar-refractivity contribution in [2.24, 2.45) is 7.05 Å². The topological polar surface area (TPSA) is 78.5 Å². The van der Waals surface area contributed by atoms with Crippen molar-refractivity contribution < 1.29 is 0 Å². The number of rotatable bonds is 2. The summed E-state index contributed by atoms with van der Waals surface area (Å²) in [7, 11) is 1.72. The van der Waals surface area contributed by atoms with Gasteiger partial charge in [0.25, 0.3) is 0 Å². The fraction of sp³-hybridized carbons (Fsp3) is 0.500. The first-order valence-electron chi connectivity index (χ1n) is 3.92. The van der Waals surface area contributed by atoms with E-state index in [1.54, 1.807) is 14.0 Å². The lowest BCUT2D eigenvalue weighted by Gasteiger charge is -1.96. The molecular weight excluding hydrogens is 204 g/mol. The summed E-state index contributed by atoms with van der Waals surface area (Å²) in [6.45, 7) is 2.10. The highest BCUT2D eigenvalue weighted by Crippen LogP contribution is 1.97. The van der Waals surface area contributed by atoms with Crippen LogP contribution in [0.25, 0.3) is 0 Å². The summed E-state index contributed by atoms with van der Waals surface area (Å²) in [6.07, 6.45) is 0. The van der Waals surface area contributed by atoms with Crippen LogP contribution in [0, 0.1) is 6.92 Å². The Balaban J connectivity index is 2.31. The summed E-state index contributed by atoms with van der Waals surface area (Å²) in [5.41, 5.74) is 0. The van der Waals surface area contributed by atoms with Crippen LogP contribution >= 0.6 is 11.3 Å². The van der Waals surface area contributed by atoms with Gasteiger partial charge in [0.2, 0.25) is 0 Å². The lowest BCUT2D eigenvalue weighted by atomic mass is 10.6. The van der Waals surface area contributed by atoms with Gasteiger partial charge in [0, 0.05) is 7.05 Å². The molecule has 0 aliphatic rings. The van der Waals surface area contributed by atoms with Crippen LogP contribution in [-0.2, 0) is 13.6 Å². The van der Waals surface area contributed by atoms with Gasteiger partial charge in [0.1, 0.15) is 11.6 Å². The number of aromatic nitrogens is 6. The molecule has 7 nitrogen and oxygen atoms in total. The first-order valence-corrected chi connectivity index (χ1v) is 4.74. The third-order valence-electron chi connectivity index (χ3n) is 1.71. The van der Waals surface area contributed by atoms with Crippen molar-refractivity contribution in [3.05, 3.63) is 20.5 Å². The molecule has 0 saturated carbocycles. The fourth-order valence-electron chi connectivity index (χ4n) is 1.03. The lowest BCUT2D eigenvalue weighted by Crippen LogP contribution is -2.18. The molecule has 0 aromatic carbocycles. The smallest absolute Gasteiger partial charge is 0.255 e. The van der Waals surface area contributed by atoms with Crippen LogP contribution in [0.1, 0.15) is 10.8 Å².